The van der Waals surface area contributed by atoms with E-state index in [4.69, 9.17) is 4.42 Å². The van der Waals surface area contributed by atoms with Crippen LogP contribution in [-0.4, -0.2) is 0 Å². The maximum absolute atomic E-state index is 6.30. The van der Waals surface area contributed by atoms with E-state index in [0.717, 1.165) is 44.6 Å². The molecule has 0 unspecified atom stereocenters. The predicted octanol–water partition coefficient (Wildman–Crippen LogP) is 14.0. The largest absolute Gasteiger partial charge is 0.456 e. The minimum atomic E-state index is -0.103. The van der Waals surface area contributed by atoms with E-state index < -0.39 is 0 Å². The second kappa shape index (κ2) is 11.1. The quantitative estimate of drug-likeness (QED) is 0.187. The van der Waals surface area contributed by atoms with Gasteiger partial charge in [-0.05, 0) is 104 Å². The minimum absolute atomic E-state index is 0. The molecule has 10 rings (SSSR count). The van der Waals surface area contributed by atoms with Gasteiger partial charge in [0.2, 0.25) is 0 Å². The fourth-order valence-electron chi connectivity index (χ4n) is 8.95. The molecule has 1 heterocycles. The first-order valence-electron chi connectivity index (χ1n) is 17.6. The Morgan fingerprint density at radius 3 is 1.76 bits per heavy atom. The van der Waals surface area contributed by atoms with E-state index in [0.29, 0.717) is 0 Å². The third-order valence-corrected chi connectivity index (χ3v) is 11.5. The molecule has 0 aliphatic heterocycles. The van der Waals surface area contributed by atoms with Crippen molar-refractivity contribution < 1.29 is 4.42 Å². The predicted molar refractivity (Wildman–Crippen MR) is 216 cm³/mol. The molecule has 0 bridgehead atoms. The highest BCUT2D eigenvalue weighted by Crippen LogP contribution is 2.53. The molecule has 0 saturated carbocycles. The van der Waals surface area contributed by atoms with Crippen LogP contribution in [0.3, 0.4) is 0 Å². The summed E-state index contributed by atoms with van der Waals surface area (Å²) in [6, 6.07) is 55.7. The third kappa shape index (κ3) is 4.42. The highest BCUT2D eigenvalue weighted by Gasteiger charge is 2.37. The summed E-state index contributed by atoms with van der Waals surface area (Å²) in [5.74, 6) is 0. The summed E-state index contributed by atoms with van der Waals surface area (Å²) in [7, 11) is 0. The van der Waals surface area contributed by atoms with E-state index in [1.807, 2.05) is 6.07 Å². The van der Waals surface area contributed by atoms with Gasteiger partial charge < -0.3 is 9.32 Å². The molecule has 2 aliphatic carbocycles. The summed E-state index contributed by atoms with van der Waals surface area (Å²) in [6.07, 6.45) is 0. The molecule has 0 atom stereocenters. The lowest BCUT2D eigenvalue weighted by Crippen LogP contribution is -2.17. The zero-order valence-electron chi connectivity index (χ0n) is 28.8. The van der Waals surface area contributed by atoms with Gasteiger partial charge in [-0.15, -0.1) is 0 Å². The standard InChI is InChI=1S/C48H37NO.CH4/c1-47(2)41-20-9-6-16-36(41)39-28-32(24-26-42(39)47)49(33-23-25-37-35-15-5-8-19-40(35)48(3,4)43(37)29-33)31-14-11-13-30(27-31)34-18-12-22-45-46(34)38-17-7-10-21-44(38)50-45;/h5-29H,1-4H3;1H4. The number of hydrogen-bond donors (Lipinski definition) is 0. The molecule has 0 amide bonds. The zero-order chi connectivity index (χ0) is 33.8. The monoisotopic (exact) mass is 659 g/mol. The van der Waals surface area contributed by atoms with Crippen LogP contribution in [-0.2, 0) is 10.8 Å². The third-order valence-electron chi connectivity index (χ3n) is 11.5. The summed E-state index contributed by atoms with van der Waals surface area (Å²) in [6.45, 7) is 9.41. The second-order valence-corrected chi connectivity index (χ2v) is 15.0. The van der Waals surface area contributed by atoms with Gasteiger partial charge in [-0.2, -0.15) is 0 Å². The van der Waals surface area contributed by atoms with E-state index in [-0.39, 0.29) is 18.3 Å². The highest BCUT2D eigenvalue weighted by atomic mass is 16.3. The Morgan fingerprint density at radius 2 is 0.961 bits per heavy atom. The average Bonchev–Trinajstić information content (AvgIpc) is 3.72. The summed E-state index contributed by atoms with van der Waals surface area (Å²) < 4.78 is 6.30. The number of furan rings is 1. The van der Waals surface area contributed by atoms with Gasteiger partial charge in [-0.25, -0.2) is 0 Å². The van der Waals surface area contributed by atoms with Gasteiger partial charge in [0, 0.05) is 38.7 Å². The Kier molecular flexibility index (Phi) is 6.76. The minimum Gasteiger partial charge on any atom is -0.456 e. The Balaban J connectivity index is 0.00000348. The Morgan fingerprint density at radius 1 is 0.412 bits per heavy atom. The number of para-hydroxylation sites is 1. The van der Waals surface area contributed by atoms with E-state index in [1.165, 1.54) is 50.1 Å². The van der Waals surface area contributed by atoms with Gasteiger partial charge >= 0.3 is 0 Å². The first-order chi connectivity index (χ1) is 24.3. The molecule has 0 spiro atoms. The molecule has 8 aromatic rings. The maximum Gasteiger partial charge on any atom is 0.136 e. The van der Waals surface area contributed by atoms with Crippen molar-refractivity contribution in [2.75, 3.05) is 4.90 Å². The van der Waals surface area contributed by atoms with Crippen molar-refractivity contribution >= 4 is 39.0 Å². The number of hydrogen-bond acceptors (Lipinski definition) is 2. The van der Waals surface area contributed by atoms with Crippen LogP contribution in [0, 0.1) is 0 Å². The molecule has 7 aromatic carbocycles. The molecule has 51 heavy (non-hydrogen) atoms. The van der Waals surface area contributed by atoms with Gasteiger partial charge in [0.15, 0.2) is 0 Å². The van der Waals surface area contributed by atoms with Gasteiger partial charge in [-0.1, -0.05) is 138 Å². The average molecular weight is 660 g/mol. The molecule has 2 nitrogen and oxygen atoms in total. The number of anilines is 3. The maximum atomic E-state index is 6.30. The smallest absolute Gasteiger partial charge is 0.136 e. The molecular weight excluding hydrogens is 619 g/mol. The molecule has 248 valence electrons. The number of benzene rings is 7. The van der Waals surface area contributed by atoms with Crippen LogP contribution in [0.5, 0.6) is 0 Å². The van der Waals surface area contributed by atoms with Crippen LogP contribution >= 0.6 is 0 Å². The molecule has 0 saturated heterocycles. The van der Waals surface area contributed by atoms with Crippen molar-refractivity contribution in [2.45, 2.75) is 46.0 Å². The van der Waals surface area contributed by atoms with Gasteiger partial charge in [0.05, 0.1) is 0 Å². The molecule has 0 N–H and O–H groups in total. The van der Waals surface area contributed by atoms with E-state index >= 15 is 0 Å². The van der Waals surface area contributed by atoms with Gasteiger partial charge in [0.1, 0.15) is 11.2 Å². The van der Waals surface area contributed by atoms with Crippen LogP contribution in [0.25, 0.3) is 55.3 Å². The van der Waals surface area contributed by atoms with E-state index in [1.54, 1.807) is 0 Å². The van der Waals surface area contributed by atoms with Crippen LogP contribution in [0.1, 0.15) is 57.4 Å². The normalized spacial score (nSPS) is 14.4. The van der Waals surface area contributed by atoms with Crippen molar-refractivity contribution in [1.29, 1.82) is 0 Å². The van der Waals surface area contributed by atoms with Crippen molar-refractivity contribution in [3.05, 3.63) is 174 Å². The number of fused-ring (bicyclic) bond motifs is 9. The van der Waals surface area contributed by atoms with E-state index in [9.17, 15) is 0 Å². The van der Waals surface area contributed by atoms with Crippen LogP contribution < -0.4 is 4.90 Å². The summed E-state index contributed by atoms with van der Waals surface area (Å²) in [4.78, 5) is 2.45. The highest BCUT2D eigenvalue weighted by molar-refractivity contribution is 6.12. The van der Waals surface area contributed by atoms with Crippen molar-refractivity contribution in [3.63, 3.8) is 0 Å². The molecule has 2 aliphatic rings. The number of nitrogens with zero attached hydrogens (tertiary/aromatic N) is 1. The van der Waals surface area contributed by atoms with Crippen LogP contribution in [0.15, 0.2) is 156 Å². The topological polar surface area (TPSA) is 16.4 Å². The Hall–Kier alpha value is -5.86. The second-order valence-electron chi connectivity index (χ2n) is 15.0. The summed E-state index contributed by atoms with van der Waals surface area (Å²) >= 11 is 0. The SMILES string of the molecule is C.CC1(C)c2ccccc2-c2cc(N(c3cccc(-c4cccc5oc6ccccc6c45)c3)c3ccc4c(c3)C(C)(C)c3ccccc3-4)ccc21. The first kappa shape index (κ1) is 31.1. The summed E-state index contributed by atoms with van der Waals surface area (Å²) in [5.41, 5.74) is 18.2. The fourth-order valence-corrected chi connectivity index (χ4v) is 8.95. The molecule has 0 radical (unpaired) electrons. The summed E-state index contributed by atoms with van der Waals surface area (Å²) in [5, 5.41) is 2.29. The molecular formula is C49H41NO. The molecule has 1 aromatic heterocycles. The van der Waals surface area contributed by atoms with Crippen molar-refractivity contribution in [1.82, 2.24) is 0 Å². The Bertz CT molecular complexity index is 2670. The molecule has 2 heteroatoms. The van der Waals surface area contributed by atoms with E-state index in [2.05, 4.69) is 178 Å². The van der Waals surface area contributed by atoms with Crippen molar-refractivity contribution in [3.8, 4) is 33.4 Å². The molecule has 0 fully saturated rings. The Labute approximate surface area is 300 Å². The first-order valence-corrected chi connectivity index (χ1v) is 17.6. The van der Waals surface area contributed by atoms with Crippen molar-refractivity contribution in [2.24, 2.45) is 0 Å². The lowest BCUT2D eigenvalue weighted by molar-refractivity contribution is 0.660. The lowest BCUT2D eigenvalue weighted by Gasteiger charge is -2.29. The zero-order valence-corrected chi connectivity index (χ0v) is 28.8. The fraction of sp³-hybridized carbons (Fsp3) is 0.143. The van der Waals surface area contributed by atoms with Crippen LogP contribution in [0.4, 0.5) is 17.1 Å². The van der Waals surface area contributed by atoms with Gasteiger partial charge in [0.25, 0.3) is 0 Å². The lowest BCUT2D eigenvalue weighted by atomic mass is 9.82. The van der Waals surface area contributed by atoms with Crippen LogP contribution in [0.2, 0.25) is 0 Å². The van der Waals surface area contributed by atoms with Gasteiger partial charge in [-0.3, -0.25) is 0 Å². The number of rotatable bonds is 4.